The average Bonchev–Trinajstić information content (AvgIpc) is 2.90. The molecule has 1 aliphatic heterocycles. The maximum absolute atomic E-state index is 12.4. The van der Waals surface area contributed by atoms with Gasteiger partial charge in [0.25, 0.3) is 5.91 Å². The van der Waals surface area contributed by atoms with Gasteiger partial charge in [0.15, 0.2) is 0 Å². The maximum Gasteiger partial charge on any atom is 0.251 e. The van der Waals surface area contributed by atoms with Crippen molar-refractivity contribution >= 4 is 5.91 Å². The van der Waals surface area contributed by atoms with Crippen molar-refractivity contribution in [3.8, 4) is 0 Å². The summed E-state index contributed by atoms with van der Waals surface area (Å²) in [6.07, 6.45) is 3.45. The molecular weight excluding hydrogens is 248 g/mol. The van der Waals surface area contributed by atoms with Gasteiger partial charge < -0.3 is 10.6 Å². The molecule has 108 valence electrons. The molecule has 0 saturated heterocycles. The Balaban J connectivity index is 1.65. The van der Waals surface area contributed by atoms with Crippen LogP contribution in [-0.4, -0.2) is 11.9 Å². The van der Waals surface area contributed by atoms with Crippen molar-refractivity contribution < 1.29 is 4.79 Å². The van der Waals surface area contributed by atoms with E-state index in [1.165, 1.54) is 17.5 Å². The second kappa shape index (κ2) is 5.57. The van der Waals surface area contributed by atoms with Crippen LogP contribution >= 0.6 is 0 Å². The quantitative estimate of drug-likeness (QED) is 0.869. The third-order valence-electron chi connectivity index (χ3n) is 5.03. The van der Waals surface area contributed by atoms with Crippen LogP contribution in [-0.2, 0) is 13.1 Å². The summed E-state index contributed by atoms with van der Waals surface area (Å²) in [7, 11) is 0. The summed E-state index contributed by atoms with van der Waals surface area (Å²) in [6.45, 7) is 6.42. The van der Waals surface area contributed by atoms with Crippen molar-refractivity contribution in [2.24, 2.45) is 11.8 Å². The number of hydrogen-bond acceptors (Lipinski definition) is 2. The lowest BCUT2D eigenvalue weighted by Crippen LogP contribution is -2.39. The minimum Gasteiger partial charge on any atom is -0.349 e. The van der Waals surface area contributed by atoms with Crippen LogP contribution in [0.15, 0.2) is 18.2 Å². The zero-order chi connectivity index (χ0) is 14.1. The van der Waals surface area contributed by atoms with Gasteiger partial charge in [0.05, 0.1) is 0 Å². The van der Waals surface area contributed by atoms with Crippen LogP contribution in [0.25, 0.3) is 0 Å². The maximum atomic E-state index is 12.4. The molecule has 0 bridgehead atoms. The highest BCUT2D eigenvalue weighted by Crippen LogP contribution is 2.29. The molecule has 0 aromatic heterocycles. The summed E-state index contributed by atoms with van der Waals surface area (Å²) in [6, 6.07) is 6.42. The number of rotatable bonds is 2. The largest absolute Gasteiger partial charge is 0.349 e. The molecule has 1 aromatic carbocycles. The predicted molar refractivity (Wildman–Crippen MR) is 80.4 cm³/mol. The molecule has 1 aromatic rings. The average molecular weight is 272 g/mol. The molecule has 1 heterocycles. The molecule has 0 spiro atoms. The van der Waals surface area contributed by atoms with E-state index in [4.69, 9.17) is 0 Å². The van der Waals surface area contributed by atoms with E-state index in [-0.39, 0.29) is 5.91 Å². The van der Waals surface area contributed by atoms with Gasteiger partial charge >= 0.3 is 0 Å². The van der Waals surface area contributed by atoms with Gasteiger partial charge in [-0.05, 0) is 54.4 Å². The van der Waals surface area contributed by atoms with Gasteiger partial charge in [-0.1, -0.05) is 19.9 Å². The Kier molecular flexibility index (Phi) is 3.79. The van der Waals surface area contributed by atoms with Gasteiger partial charge in [0.2, 0.25) is 0 Å². The van der Waals surface area contributed by atoms with Crippen LogP contribution in [0, 0.1) is 11.8 Å². The fraction of sp³-hybridized carbons (Fsp3) is 0.588. The standard InChI is InChI=1S/C17H24N2O/c1-11-3-6-16(7-12(11)2)19-17(20)13-4-5-14-9-18-10-15(14)8-13/h4-5,8,11-12,16,18H,3,6-7,9-10H2,1-2H3,(H,19,20). The zero-order valence-electron chi connectivity index (χ0n) is 12.4. The summed E-state index contributed by atoms with van der Waals surface area (Å²) >= 11 is 0. The minimum atomic E-state index is 0.0893. The third-order valence-corrected chi connectivity index (χ3v) is 5.03. The summed E-state index contributed by atoms with van der Waals surface area (Å²) in [4.78, 5) is 12.4. The van der Waals surface area contributed by atoms with Crippen LogP contribution in [0.1, 0.15) is 54.6 Å². The van der Waals surface area contributed by atoms with Crippen LogP contribution in [0.2, 0.25) is 0 Å². The van der Waals surface area contributed by atoms with E-state index in [0.717, 1.165) is 37.4 Å². The van der Waals surface area contributed by atoms with E-state index < -0.39 is 0 Å². The number of carbonyl (C=O) groups is 1. The summed E-state index contributed by atoms with van der Waals surface area (Å²) in [5, 5.41) is 6.53. The number of nitrogens with one attached hydrogen (secondary N) is 2. The molecule has 1 saturated carbocycles. The zero-order valence-corrected chi connectivity index (χ0v) is 12.4. The fourth-order valence-corrected chi connectivity index (χ4v) is 3.38. The lowest BCUT2D eigenvalue weighted by molar-refractivity contribution is 0.0910. The van der Waals surface area contributed by atoms with Crippen molar-refractivity contribution in [2.75, 3.05) is 0 Å². The first kappa shape index (κ1) is 13.6. The highest BCUT2D eigenvalue weighted by Gasteiger charge is 2.26. The van der Waals surface area contributed by atoms with Crippen molar-refractivity contribution in [2.45, 2.75) is 52.2 Å². The number of benzene rings is 1. The molecule has 20 heavy (non-hydrogen) atoms. The Morgan fingerprint density at radius 3 is 2.75 bits per heavy atom. The van der Waals surface area contributed by atoms with Crippen molar-refractivity contribution in [1.82, 2.24) is 10.6 Å². The van der Waals surface area contributed by atoms with Gasteiger partial charge in [0, 0.05) is 24.7 Å². The van der Waals surface area contributed by atoms with E-state index in [1.54, 1.807) is 0 Å². The SMILES string of the molecule is CC1CCC(NC(=O)c2ccc3c(c2)CNC3)CC1C. The first-order valence-corrected chi connectivity index (χ1v) is 7.77. The van der Waals surface area contributed by atoms with E-state index in [2.05, 4.69) is 30.5 Å². The molecule has 3 rings (SSSR count). The fourth-order valence-electron chi connectivity index (χ4n) is 3.38. The molecule has 3 unspecified atom stereocenters. The highest BCUT2D eigenvalue weighted by molar-refractivity contribution is 5.94. The molecule has 3 nitrogen and oxygen atoms in total. The minimum absolute atomic E-state index is 0.0893. The number of fused-ring (bicyclic) bond motifs is 1. The third kappa shape index (κ3) is 2.73. The normalized spacial score (nSPS) is 29.0. The lowest BCUT2D eigenvalue weighted by atomic mass is 9.79. The first-order valence-electron chi connectivity index (χ1n) is 7.77. The molecular formula is C17H24N2O. The molecule has 2 aliphatic rings. The van der Waals surface area contributed by atoms with Crippen molar-refractivity contribution in [1.29, 1.82) is 0 Å². The second-order valence-electron chi connectivity index (χ2n) is 6.53. The summed E-state index contributed by atoms with van der Waals surface area (Å²) in [5.74, 6) is 1.58. The molecule has 0 radical (unpaired) electrons. The van der Waals surface area contributed by atoms with E-state index in [1.807, 2.05) is 12.1 Å². The number of carbonyl (C=O) groups excluding carboxylic acids is 1. The highest BCUT2D eigenvalue weighted by atomic mass is 16.1. The Morgan fingerprint density at radius 2 is 1.95 bits per heavy atom. The second-order valence-corrected chi connectivity index (χ2v) is 6.53. The van der Waals surface area contributed by atoms with Crippen LogP contribution in [0.5, 0.6) is 0 Å². The molecule has 1 amide bonds. The Morgan fingerprint density at radius 1 is 1.15 bits per heavy atom. The first-order chi connectivity index (χ1) is 9.63. The smallest absolute Gasteiger partial charge is 0.251 e. The van der Waals surface area contributed by atoms with Gasteiger partial charge in [-0.25, -0.2) is 0 Å². The summed E-state index contributed by atoms with van der Waals surface area (Å²) < 4.78 is 0. The molecule has 3 heteroatoms. The van der Waals surface area contributed by atoms with Crippen LogP contribution in [0.3, 0.4) is 0 Å². The van der Waals surface area contributed by atoms with Gasteiger partial charge in [0.1, 0.15) is 0 Å². The Bertz CT molecular complexity index is 512. The van der Waals surface area contributed by atoms with Crippen molar-refractivity contribution in [3.63, 3.8) is 0 Å². The van der Waals surface area contributed by atoms with E-state index in [9.17, 15) is 4.79 Å². The molecule has 3 atom stereocenters. The van der Waals surface area contributed by atoms with Gasteiger partial charge in [-0.15, -0.1) is 0 Å². The van der Waals surface area contributed by atoms with Crippen molar-refractivity contribution in [3.05, 3.63) is 34.9 Å². The Labute approximate surface area is 121 Å². The Hall–Kier alpha value is -1.35. The molecule has 1 fully saturated rings. The van der Waals surface area contributed by atoms with Gasteiger partial charge in [-0.2, -0.15) is 0 Å². The topological polar surface area (TPSA) is 41.1 Å². The monoisotopic (exact) mass is 272 g/mol. The van der Waals surface area contributed by atoms with E-state index in [0.29, 0.717) is 12.0 Å². The van der Waals surface area contributed by atoms with E-state index >= 15 is 0 Å². The van der Waals surface area contributed by atoms with Crippen LogP contribution < -0.4 is 10.6 Å². The van der Waals surface area contributed by atoms with Crippen LogP contribution in [0.4, 0.5) is 0 Å². The number of amides is 1. The molecule has 2 N–H and O–H groups in total. The predicted octanol–water partition coefficient (Wildman–Crippen LogP) is 2.84. The van der Waals surface area contributed by atoms with Gasteiger partial charge in [-0.3, -0.25) is 4.79 Å². The number of hydrogen-bond donors (Lipinski definition) is 2. The molecule has 1 aliphatic carbocycles. The summed E-state index contributed by atoms with van der Waals surface area (Å²) in [5.41, 5.74) is 3.39. The lowest BCUT2D eigenvalue weighted by Gasteiger charge is -2.32.